The summed E-state index contributed by atoms with van der Waals surface area (Å²) in [4.78, 5) is 4.83. The minimum absolute atomic E-state index is 0.275. The molecule has 1 aromatic heterocycles. The maximum Gasteiger partial charge on any atom is 0.0497 e. The quantitative estimate of drug-likeness (QED) is 0.627. The van der Waals surface area contributed by atoms with Crippen LogP contribution in [0, 0.1) is 20.8 Å². The number of hydrogen-bond acceptors (Lipinski definition) is 1. The summed E-state index contributed by atoms with van der Waals surface area (Å²) in [5, 5.41) is 0. The van der Waals surface area contributed by atoms with Crippen LogP contribution in [-0.4, -0.2) is 4.98 Å². The zero-order valence-corrected chi connectivity index (χ0v) is 10.6. The highest BCUT2D eigenvalue weighted by atomic mass is 14.7. The number of rotatable bonds is 0. The first-order valence-electron chi connectivity index (χ1n) is 5.90. The van der Waals surface area contributed by atoms with Crippen LogP contribution in [0.5, 0.6) is 0 Å². The van der Waals surface area contributed by atoms with Gasteiger partial charge in [0.1, 0.15) is 0 Å². The Morgan fingerprint density at radius 3 is 2.40 bits per heavy atom. The summed E-state index contributed by atoms with van der Waals surface area (Å²) in [7, 11) is 0. The summed E-state index contributed by atoms with van der Waals surface area (Å²) in [6.45, 7) is 11.2. The molecular formula is C14H21N. The normalized spacial score (nSPS) is 18.7. The second-order valence-corrected chi connectivity index (χ2v) is 5.51. The Kier molecular flexibility index (Phi) is 2.37. The van der Waals surface area contributed by atoms with E-state index >= 15 is 0 Å². The van der Waals surface area contributed by atoms with Crippen LogP contribution in [0.2, 0.25) is 0 Å². The van der Waals surface area contributed by atoms with Crippen LogP contribution in [0.4, 0.5) is 0 Å². The average Bonchev–Trinajstić information content (AvgIpc) is 2.16. The Labute approximate surface area is 92.9 Å². The molecule has 1 aliphatic carbocycles. The third kappa shape index (κ3) is 1.58. The summed E-state index contributed by atoms with van der Waals surface area (Å²) >= 11 is 0. The molecular weight excluding hydrogens is 182 g/mol. The van der Waals surface area contributed by atoms with Crippen molar-refractivity contribution < 1.29 is 0 Å². The minimum Gasteiger partial charge on any atom is -0.257 e. The first kappa shape index (κ1) is 10.7. The van der Waals surface area contributed by atoms with Gasteiger partial charge >= 0.3 is 0 Å². The van der Waals surface area contributed by atoms with Crippen molar-refractivity contribution in [2.45, 2.75) is 59.3 Å². The number of nitrogens with zero attached hydrogens (tertiary/aromatic N) is 1. The molecule has 0 N–H and O–H groups in total. The zero-order chi connectivity index (χ0) is 11.2. The van der Waals surface area contributed by atoms with Crippen LogP contribution in [0.3, 0.4) is 0 Å². The fraction of sp³-hybridized carbons (Fsp3) is 0.643. The number of aryl methyl sites for hydroxylation is 1. The second-order valence-electron chi connectivity index (χ2n) is 5.51. The van der Waals surface area contributed by atoms with Crippen LogP contribution in [0.1, 0.15) is 54.8 Å². The molecule has 0 amide bonds. The van der Waals surface area contributed by atoms with E-state index in [0.717, 1.165) is 0 Å². The summed E-state index contributed by atoms with van der Waals surface area (Å²) in [6.07, 6.45) is 3.80. The van der Waals surface area contributed by atoms with E-state index in [1.54, 1.807) is 0 Å². The van der Waals surface area contributed by atoms with E-state index in [0.29, 0.717) is 0 Å². The molecule has 0 spiro atoms. The van der Waals surface area contributed by atoms with Gasteiger partial charge in [0.15, 0.2) is 0 Å². The lowest BCUT2D eigenvalue weighted by Gasteiger charge is -2.33. The molecule has 0 aromatic carbocycles. The lowest BCUT2D eigenvalue weighted by molar-refractivity contribution is 0.416. The third-order valence-corrected chi connectivity index (χ3v) is 3.99. The van der Waals surface area contributed by atoms with Gasteiger partial charge in [-0.25, -0.2) is 0 Å². The number of hydrogen-bond donors (Lipinski definition) is 0. The topological polar surface area (TPSA) is 12.9 Å². The monoisotopic (exact) mass is 203 g/mol. The molecule has 0 radical (unpaired) electrons. The first-order valence-corrected chi connectivity index (χ1v) is 5.90. The molecule has 0 saturated carbocycles. The van der Waals surface area contributed by atoms with E-state index in [1.165, 1.54) is 47.3 Å². The standard InChI is InChI=1S/C14H21N/c1-9-10(2)12-7-6-8-14(4,5)13(12)15-11(9)3/h6-8H2,1-5H3. The highest BCUT2D eigenvalue weighted by Gasteiger charge is 2.30. The maximum atomic E-state index is 4.83. The Balaban J connectivity index is 2.69. The maximum absolute atomic E-state index is 4.83. The van der Waals surface area contributed by atoms with E-state index < -0.39 is 0 Å². The lowest BCUT2D eigenvalue weighted by Crippen LogP contribution is -2.27. The van der Waals surface area contributed by atoms with Crippen LogP contribution < -0.4 is 0 Å². The highest BCUT2D eigenvalue weighted by molar-refractivity contribution is 5.42. The van der Waals surface area contributed by atoms with Crippen molar-refractivity contribution in [2.24, 2.45) is 0 Å². The third-order valence-electron chi connectivity index (χ3n) is 3.99. The van der Waals surface area contributed by atoms with E-state index in [4.69, 9.17) is 4.98 Å². The van der Waals surface area contributed by atoms with Gasteiger partial charge in [0.25, 0.3) is 0 Å². The summed E-state index contributed by atoms with van der Waals surface area (Å²) in [5.41, 5.74) is 7.22. The van der Waals surface area contributed by atoms with Crippen molar-refractivity contribution in [1.82, 2.24) is 4.98 Å². The van der Waals surface area contributed by atoms with Crippen LogP contribution in [0.15, 0.2) is 0 Å². The van der Waals surface area contributed by atoms with Gasteiger partial charge in [0.05, 0.1) is 0 Å². The van der Waals surface area contributed by atoms with E-state index in [1.807, 2.05) is 0 Å². The van der Waals surface area contributed by atoms with Gasteiger partial charge in [-0.05, 0) is 56.7 Å². The first-order chi connectivity index (χ1) is 6.93. The van der Waals surface area contributed by atoms with E-state index in [9.17, 15) is 0 Å². The van der Waals surface area contributed by atoms with E-state index in [2.05, 4.69) is 34.6 Å². The Morgan fingerprint density at radius 2 is 1.73 bits per heavy atom. The number of aromatic nitrogens is 1. The Bertz CT molecular complexity index is 402. The largest absolute Gasteiger partial charge is 0.257 e. The van der Waals surface area contributed by atoms with Gasteiger partial charge < -0.3 is 0 Å². The van der Waals surface area contributed by atoms with Crippen molar-refractivity contribution in [1.29, 1.82) is 0 Å². The molecule has 1 heteroatoms. The second kappa shape index (κ2) is 3.33. The minimum atomic E-state index is 0.275. The lowest BCUT2D eigenvalue weighted by atomic mass is 9.74. The molecule has 0 bridgehead atoms. The predicted molar refractivity (Wildman–Crippen MR) is 64.4 cm³/mol. The molecule has 1 aromatic rings. The summed E-state index contributed by atoms with van der Waals surface area (Å²) < 4.78 is 0. The van der Waals surface area contributed by atoms with Crippen molar-refractivity contribution in [2.75, 3.05) is 0 Å². The van der Waals surface area contributed by atoms with Crippen molar-refractivity contribution in [3.63, 3.8) is 0 Å². The molecule has 82 valence electrons. The van der Waals surface area contributed by atoms with Crippen molar-refractivity contribution >= 4 is 0 Å². The van der Waals surface area contributed by atoms with Crippen molar-refractivity contribution in [3.8, 4) is 0 Å². The number of pyridine rings is 1. The summed E-state index contributed by atoms with van der Waals surface area (Å²) in [6, 6.07) is 0. The van der Waals surface area contributed by atoms with Gasteiger partial charge in [-0.1, -0.05) is 13.8 Å². The molecule has 1 nitrogen and oxygen atoms in total. The van der Waals surface area contributed by atoms with Crippen LogP contribution in [0.25, 0.3) is 0 Å². The molecule has 1 aliphatic rings. The van der Waals surface area contributed by atoms with Gasteiger partial charge in [-0.3, -0.25) is 4.98 Å². The highest BCUT2D eigenvalue weighted by Crippen LogP contribution is 2.37. The molecule has 0 unspecified atom stereocenters. The average molecular weight is 203 g/mol. The van der Waals surface area contributed by atoms with Gasteiger partial charge in [-0.15, -0.1) is 0 Å². The zero-order valence-electron chi connectivity index (χ0n) is 10.6. The van der Waals surface area contributed by atoms with E-state index in [-0.39, 0.29) is 5.41 Å². The molecule has 0 atom stereocenters. The molecule has 0 saturated heterocycles. The number of fused-ring (bicyclic) bond motifs is 1. The molecule has 1 heterocycles. The fourth-order valence-corrected chi connectivity index (χ4v) is 2.69. The van der Waals surface area contributed by atoms with Gasteiger partial charge in [-0.2, -0.15) is 0 Å². The molecule has 0 fully saturated rings. The summed E-state index contributed by atoms with van der Waals surface area (Å²) in [5.74, 6) is 0. The Morgan fingerprint density at radius 1 is 1.07 bits per heavy atom. The SMILES string of the molecule is Cc1nc2c(c(C)c1C)CCCC2(C)C. The Hall–Kier alpha value is -0.850. The van der Waals surface area contributed by atoms with Crippen LogP contribution in [-0.2, 0) is 11.8 Å². The smallest absolute Gasteiger partial charge is 0.0497 e. The molecule has 0 aliphatic heterocycles. The molecule has 15 heavy (non-hydrogen) atoms. The van der Waals surface area contributed by atoms with Crippen molar-refractivity contribution in [3.05, 3.63) is 28.1 Å². The fourth-order valence-electron chi connectivity index (χ4n) is 2.69. The predicted octanol–water partition coefficient (Wildman–Crippen LogP) is 3.62. The van der Waals surface area contributed by atoms with Crippen LogP contribution >= 0.6 is 0 Å². The van der Waals surface area contributed by atoms with Gasteiger partial charge in [0, 0.05) is 16.8 Å². The van der Waals surface area contributed by atoms with Gasteiger partial charge in [0.2, 0.25) is 0 Å². The molecule has 2 rings (SSSR count).